The molecule has 3 aromatic rings. The second kappa shape index (κ2) is 7.80. The molecule has 0 atom stereocenters. The van der Waals surface area contributed by atoms with E-state index in [1.807, 2.05) is 0 Å². The average Bonchev–Trinajstić information content (AvgIpc) is 2.71. The summed E-state index contributed by atoms with van der Waals surface area (Å²) in [6.07, 6.45) is 5.82. The van der Waals surface area contributed by atoms with E-state index in [1.54, 1.807) is 12.1 Å². The van der Waals surface area contributed by atoms with Crippen LogP contribution in [0.4, 0.5) is 4.39 Å². The number of hydrogen-bond acceptors (Lipinski definition) is 0. The van der Waals surface area contributed by atoms with Crippen molar-refractivity contribution in [1.29, 1.82) is 0 Å². The predicted molar refractivity (Wildman–Crippen MR) is 110 cm³/mol. The molecule has 4 rings (SSSR count). The van der Waals surface area contributed by atoms with Crippen LogP contribution in [0.1, 0.15) is 47.6 Å². The number of fused-ring (bicyclic) bond motifs is 3. The van der Waals surface area contributed by atoms with Crippen LogP contribution in [0, 0.1) is 17.7 Å². The third-order valence-electron chi connectivity index (χ3n) is 5.24. The summed E-state index contributed by atoms with van der Waals surface area (Å²) in [6.45, 7) is 2.24. The SMILES string of the molecule is CCCCc1ccc2c(c1)CCc1cc(C#Cc3ccc(F)cc3)ccc1-2. The number of halogens is 1. The van der Waals surface area contributed by atoms with Crippen LogP contribution in [-0.2, 0) is 19.3 Å². The van der Waals surface area contributed by atoms with E-state index in [1.165, 1.54) is 59.2 Å². The summed E-state index contributed by atoms with van der Waals surface area (Å²) in [7, 11) is 0. The van der Waals surface area contributed by atoms with E-state index in [4.69, 9.17) is 0 Å². The quantitative estimate of drug-likeness (QED) is 0.482. The second-order valence-electron chi connectivity index (χ2n) is 7.22. The summed E-state index contributed by atoms with van der Waals surface area (Å²) in [6, 6.07) is 19.8. The number of benzene rings is 3. The highest BCUT2D eigenvalue weighted by atomic mass is 19.1. The maximum absolute atomic E-state index is 13.0. The third-order valence-corrected chi connectivity index (χ3v) is 5.24. The lowest BCUT2D eigenvalue weighted by molar-refractivity contribution is 0.627. The van der Waals surface area contributed by atoms with Crippen molar-refractivity contribution in [2.75, 3.05) is 0 Å². The molecule has 3 aromatic carbocycles. The molecule has 134 valence electrons. The van der Waals surface area contributed by atoms with Gasteiger partial charge in [-0.05, 0) is 89.9 Å². The number of rotatable bonds is 3. The lowest BCUT2D eigenvalue weighted by Gasteiger charge is -2.21. The van der Waals surface area contributed by atoms with Crippen molar-refractivity contribution in [2.45, 2.75) is 39.0 Å². The molecule has 0 fully saturated rings. The van der Waals surface area contributed by atoms with Crippen LogP contribution in [0.2, 0.25) is 0 Å². The predicted octanol–water partition coefficient (Wildman–Crippen LogP) is 6.33. The monoisotopic (exact) mass is 354 g/mol. The molecular weight excluding hydrogens is 331 g/mol. The highest BCUT2D eigenvalue weighted by Crippen LogP contribution is 2.34. The first kappa shape index (κ1) is 17.6. The fourth-order valence-corrected chi connectivity index (χ4v) is 3.74. The minimum absolute atomic E-state index is 0.231. The topological polar surface area (TPSA) is 0 Å². The molecule has 27 heavy (non-hydrogen) atoms. The van der Waals surface area contributed by atoms with Gasteiger partial charge in [-0.15, -0.1) is 0 Å². The molecular formula is C26H23F. The van der Waals surface area contributed by atoms with Crippen LogP contribution in [0.5, 0.6) is 0 Å². The van der Waals surface area contributed by atoms with Gasteiger partial charge in [-0.3, -0.25) is 0 Å². The molecule has 0 amide bonds. The molecule has 0 radical (unpaired) electrons. The zero-order valence-corrected chi connectivity index (χ0v) is 15.7. The molecule has 0 nitrogen and oxygen atoms in total. The molecule has 0 N–H and O–H groups in total. The Morgan fingerprint density at radius 3 is 2.15 bits per heavy atom. The van der Waals surface area contributed by atoms with E-state index in [2.05, 4.69) is 55.2 Å². The molecule has 0 aliphatic heterocycles. The minimum atomic E-state index is -0.231. The summed E-state index contributed by atoms with van der Waals surface area (Å²) in [5, 5.41) is 0. The van der Waals surface area contributed by atoms with Crippen molar-refractivity contribution < 1.29 is 4.39 Å². The number of unbranched alkanes of at least 4 members (excludes halogenated alkanes) is 1. The summed E-state index contributed by atoms with van der Waals surface area (Å²) in [5.41, 5.74) is 8.86. The fourth-order valence-electron chi connectivity index (χ4n) is 3.74. The van der Waals surface area contributed by atoms with Crippen LogP contribution < -0.4 is 0 Å². The Morgan fingerprint density at radius 2 is 1.41 bits per heavy atom. The molecule has 0 unspecified atom stereocenters. The third kappa shape index (κ3) is 3.96. The molecule has 1 aliphatic carbocycles. The van der Waals surface area contributed by atoms with E-state index in [-0.39, 0.29) is 5.82 Å². The fraction of sp³-hybridized carbons (Fsp3) is 0.231. The van der Waals surface area contributed by atoms with Gasteiger partial charge in [-0.25, -0.2) is 4.39 Å². The lowest BCUT2D eigenvalue weighted by atomic mass is 9.83. The molecule has 0 saturated carbocycles. The van der Waals surface area contributed by atoms with Gasteiger partial charge in [0.15, 0.2) is 0 Å². The Kier molecular flexibility index (Phi) is 5.07. The zero-order valence-electron chi connectivity index (χ0n) is 15.7. The molecule has 0 heterocycles. The van der Waals surface area contributed by atoms with Gasteiger partial charge >= 0.3 is 0 Å². The van der Waals surface area contributed by atoms with E-state index < -0.39 is 0 Å². The van der Waals surface area contributed by atoms with Gasteiger partial charge < -0.3 is 0 Å². The van der Waals surface area contributed by atoms with Crippen molar-refractivity contribution in [3.8, 4) is 23.0 Å². The van der Waals surface area contributed by atoms with Gasteiger partial charge in [-0.2, -0.15) is 0 Å². The van der Waals surface area contributed by atoms with Crippen molar-refractivity contribution in [1.82, 2.24) is 0 Å². The number of hydrogen-bond donors (Lipinski definition) is 0. The number of aryl methyl sites for hydroxylation is 3. The van der Waals surface area contributed by atoms with Crippen molar-refractivity contribution in [2.24, 2.45) is 0 Å². The van der Waals surface area contributed by atoms with Gasteiger partial charge in [0.1, 0.15) is 5.82 Å². The Labute approximate surface area is 161 Å². The van der Waals surface area contributed by atoms with Crippen LogP contribution in [0.25, 0.3) is 11.1 Å². The van der Waals surface area contributed by atoms with E-state index >= 15 is 0 Å². The highest BCUT2D eigenvalue weighted by molar-refractivity contribution is 5.74. The lowest BCUT2D eigenvalue weighted by Crippen LogP contribution is -2.05. The minimum Gasteiger partial charge on any atom is -0.207 e. The standard InChI is InChI=1S/C26H23F/c1-2-3-4-20-9-15-25-22(17-20)11-12-23-18-21(10-16-26(23)25)6-5-19-7-13-24(27)14-8-19/h7-10,13-18H,2-4,11-12H2,1H3. The van der Waals surface area contributed by atoms with Crippen molar-refractivity contribution >= 4 is 0 Å². The first-order valence-electron chi connectivity index (χ1n) is 9.75. The van der Waals surface area contributed by atoms with Crippen molar-refractivity contribution in [3.63, 3.8) is 0 Å². The first-order valence-corrected chi connectivity index (χ1v) is 9.75. The van der Waals surface area contributed by atoms with Crippen LogP contribution in [0.15, 0.2) is 60.7 Å². The van der Waals surface area contributed by atoms with Crippen molar-refractivity contribution in [3.05, 3.63) is 94.3 Å². The Bertz CT molecular complexity index is 1020. The highest BCUT2D eigenvalue weighted by Gasteiger charge is 2.16. The largest absolute Gasteiger partial charge is 0.207 e. The maximum Gasteiger partial charge on any atom is 0.123 e. The molecule has 0 spiro atoms. The molecule has 1 aliphatic rings. The Morgan fingerprint density at radius 1 is 0.778 bits per heavy atom. The summed E-state index contributed by atoms with van der Waals surface area (Å²) < 4.78 is 13.0. The maximum atomic E-state index is 13.0. The second-order valence-corrected chi connectivity index (χ2v) is 7.22. The van der Waals surface area contributed by atoms with E-state index in [0.29, 0.717) is 0 Å². The van der Waals surface area contributed by atoms with Crippen LogP contribution >= 0.6 is 0 Å². The zero-order chi connectivity index (χ0) is 18.6. The summed E-state index contributed by atoms with van der Waals surface area (Å²) >= 11 is 0. The van der Waals surface area contributed by atoms with Gasteiger partial charge in [0.25, 0.3) is 0 Å². The van der Waals surface area contributed by atoms with E-state index in [9.17, 15) is 4.39 Å². The summed E-state index contributed by atoms with van der Waals surface area (Å²) in [5.74, 6) is 6.11. The molecule has 1 heteroatoms. The Hall–Kier alpha value is -2.85. The molecule has 0 aromatic heterocycles. The van der Waals surface area contributed by atoms with E-state index in [0.717, 1.165) is 24.0 Å². The van der Waals surface area contributed by atoms with Gasteiger partial charge in [0.2, 0.25) is 0 Å². The molecule has 0 bridgehead atoms. The van der Waals surface area contributed by atoms with Gasteiger partial charge in [-0.1, -0.05) is 49.5 Å². The molecule has 0 saturated heterocycles. The first-order chi connectivity index (χ1) is 13.2. The smallest absolute Gasteiger partial charge is 0.123 e. The Balaban J connectivity index is 1.60. The van der Waals surface area contributed by atoms with Gasteiger partial charge in [0.05, 0.1) is 0 Å². The van der Waals surface area contributed by atoms with Crippen LogP contribution in [0.3, 0.4) is 0 Å². The average molecular weight is 354 g/mol. The van der Waals surface area contributed by atoms with Crippen LogP contribution in [-0.4, -0.2) is 0 Å². The summed E-state index contributed by atoms with van der Waals surface area (Å²) in [4.78, 5) is 0. The van der Waals surface area contributed by atoms with Gasteiger partial charge in [0, 0.05) is 11.1 Å². The normalized spacial score (nSPS) is 11.9.